The van der Waals surface area contributed by atoms with Crippen molar-refractivity contribution in [3.05, 3.63) is 41.3 Å². The van der Waals surface area contributed by atoms with Crippen LogP contribution in [0.1, 0.15) is 25.6 Å². The summed E-state index contributed by atoms with van der Waals surface area (Å²) in [7, 11) is 0. The molecule has 0 radical (unpaired) electrons. The molecule has 2 unspecified atom stereocenters. The highest BCUT2D eigenvalue weighted by Gasteiger charge is 2.37. The van der Waals surface area contributed by atoms with E-state index in [4.69, 9.17) is 5.73 Å². The summed E-state index contributed by atoms with van der Waals surface area (Å²) in [5, 5.41) is 9.88. The van der Waals surface area contributed by atoms with E-state index >= 15 is 0 Å². The number of aliphatic hydroxyl groups excluding tert-OH is 1. The van der Waals surface area contributed by atoms with Gasteiger partial charge in [0.15, 0.2) is 0 Å². The molecule has 0 fully saturated rings. The third-order valence-electron chi connectivity index (χ3n) is 3.33. The molecular weight excluding hydrogens is 280 g/mol. The van der Waals surface area contributed by atoms with Crippen molar-refractivity contribution in [1.82, 2.24) is 4.57 Å². The Morgan fingerprint density at radius 1 is 1.41 bits per heavy atom. The van der Waals surface area contributed by atoms with Crippen LogP contribution in [-0.2, 0) is 0 Å². The number of aromatic nitrogens is 1. The summed E-state index contributed by atoms with van der Waals surface area (Å²) in [4.78, 5) is 0. The molecule has 0 aliphatic heterocycles. The molecule has 0 bridgehead atoms. The number of aryl methyl sites for hydroxylation is 1. The van der Waals surface area contributed by atoms with Crippen LogP contribution >= 0.6 is 15.9 Å². The van der Waals surface area contributed by atoms with Crippen molar-refractivity contribution in [3.8, 4) is 0 Å². The van der Waals surface area contributed by atoms with E-state index in [2.05, 4.69) is 22.9 Å². The predicted octanol–water partition coefficient (Wildman–Crippen LogP) is 3.48. The van der Waals surface area contributed by atoms with Crippen molar-refractivity contribution in [2.24, 2.45) is 0 Å². The highest BCUT2D eigenvalue weighted by molar-refractivity contribution is 9.10. The molecular formula is C13H17BrN2O. The van der Waals surface area contributed by atoms with Crippen LogP contribution in [0, 0.1) is 6.92 Å². The normalized spacial score (nSPS) is 28.8. The molecule has 2 atom stereocenters. The molecule has 0 saturated heterocycles. The number of hydrogen-bond acceptors (Lipinski definition) is 2. The Hall–Kier alpha value is -1.16. The molecule has 1 heterocycles. The molecule has 1 aromatic heterocycles. The van der Waals surface area contributed by atoms with E-state index < -0.39 is 0 Å². The smallest absolute Gasteiger partial charge is 0.116 e. The fraction of sp³-hybridized carbons (Fsp3) is 0.385. The monoisotopic (exact) mass is 296 g/mol. The molecule has 3 nitrogen and oxygen atoms in total. The highest BCUT2D eigenvalue weighted by Crippen LogP contribution is 2.43. The predicted molar refractivity (Wildman–Crippen MR) is 74.4 cm³/mol. The first-order valence-corrected chi connectivity index (χ1v) is 6.35. The lowest BCUT2D eigenvalue weighted by Gasteiger charge is -2.36. The van der Waals surface area contributed by atoms with Crippen LogP contribution in [0.5, 0.6) is 0 Å². The van der Waals surface area contributed by atoms with Gasteiger partial charge >= 0.3 is 0 Å². The molecule has 3 N–H and O–H groups in total. The Balaban J connectivity index is 2.61. The van der Waals surface area contributed by atoms with Crippen molar-refractivity contribution in [1.29, 1.82) is 0 Å². The molecule has 0 spiro atoms. The van der Waals surface area contributed by atoms with Gasteiger partial charge in [-0.05, 0) is 44.6 Å². The van der Waals surface area contributed by atoms with Gasteiger partial charge in [-0.3, -0.25) is 0 Å². The number of anilines is 1. The maximum absolute atomic E-state index is 9.88. The molecule has 1 aliphatic rings. The molecule has 0 saturated carbocycles. The van der Waals surface area contributed by atoms with E-state index in [9.17, 15) is 5.11 Å². The van der Waals surface area contributed by atoms with Crippen LogP contribution in [0.15, 0.2) is 35.6 Å². The standard InChI is InChI=1S/C13H17BrN2O/c1-8-4-5-11(15)16(8)12-9(2)10(17)6-7-13(12,3)14/h4-7,12,17H,15H2,1-3H3. The van der Waals surface area contributed by atoms with Gasteiger partial charge in [-0.2, -0.15) is 0 Å². The third kappa shape index (κ3) is 1.90. The number of alkyl halides is 1. The summed E-state index contributed by atoms with van der Waals surface area (Å²) >= 11 is 3.71. The fourth-order valence-corrected chi connectivity index (χ4v) is 3.08. The number of aliphatic hydroxyl groups is 1. The second-order valence-electron chi connectivity index (χ2n) is 4.72. The zero-order chi connectivity index (χ0) is 12.8. The zero-order valence-electron chi connectivity index (χ0n) is 10.2. The number of nitrogen functional groups attached to an aromatic ring is 1. The average Bonchev–Trinajstić information content (AvgIpc) is 2.56. The van der Waals surface area contributed by atoms with Crippen molar-refractivity contribution >= 4 is 21.7 Å². The molecule has 17 heavy (non-hydrogen) atoms. The van der Waals surface area contributed by atoms with E-state index in [1.807, 2.05) is 36.6 Å². The van der Waals surface area contributed by atoms with Gasteiger partial charge in [0.2, 0.25) is 0 Å². The van der Waals surface area contributed by atoms with Gasteiger partial charge in [-0.1, -0.05) is 22.0 Å². The number of nitrogens with two attached hydrogens (primary N) is 1. The first kappa shape index (κ1) is 12.3. The Kier molecular flexibility index (Phi) is 2.86. The molecule has 1 aromatic rings. The van der Waals surface area contributed by atoms with Gasteiger partial charge in [-0.25, -0.2) is 0 Å². The van der Waals surface area contributed by atoms with E-state index in [0.29, 0.717) is 11.6 Å². The zero-order valence-corrected chi connectivity index (χ0v) is 11.8. The van der Waals surface area contributed by atoms with Crippen LogP contribution in [0.25, 0.3) is 0 Å². The van der Waals surface area contributed by atoms with Crippen LogP contribution in [0.4, 0.5) is 5.82 Å². The van der Waals surface area contributed by atoms with E-state index in [-0.39, 0.29) is 10.4 Å². The van der Waals surface area contributed by atoms with Gasteiger partial charge in [0, 0.05) is 5.69 Å². The minimum Gasteiger partial charge on any atom is -0.508 e. The minimum atomic E-state index is -0.249. The van der Waals surface area contributed by atoms with Crippen molar-refractivity contribution in [2.45, 2.75) is 31.1 Å². The summed E-state index contributed by atoms with van der Waals surface area (Å²) in [6, 6.07) is 3.87. The Labute approximate surface area is 110 Å². The number of hydrogen-bond donors (Lipinski definition) is 2. The second-order valence-corrected chi connectivity index (χ2v) is 6.43. The average molecular weight is 297 g/mol. The fourth-order valence-electron chi connectivity index (χ4n) is 2.40. The third-order valence-corrected chi connectivity index (χ3v) is 4.03. The number of allylic oxidation sites excluding steroid dienone is 3. The Morgan fingerprint density at radius 3 is 2.59 bits per heavy atom. The first-order chi connectivity index (χ1) is 7.84. The van der Waals surface area contributed by atoms with Crippen molar-refractivity contribution in [3.63, 3.8) is 0 Å². The summed E-state index contributed by atoms with van der Waals surface area (Å²) in [5.41, 5.74) is 8.01. The maximum atomic E-state index is 9.88. The van der Waals surface area contributed by atoms with Crippen molar-refractivity contribution < 1.29 is 5.11 Å². The topological polar surface area (TPSA) is 51.2 Å². The Morgan fingerprint density at radius 2 is 2.06 bits per heavy atom. The molecule has 1 aliphatic carbocycles. The van der Waals surface area contributed by atoms with E-state index in [1.54, 1.807) is 6.08 Å². The molecule has 0 aromatic carbocycles. The van der Waals surface area contributed by atoms with Gasteiger partial charge in [0.25, 0.3) is 0 Å². The summed E-state index contributed by atoms with van der Waals surface area (Å²) in [6.45, 7) is 6.02. The first-order valence-electron chi connectivity index (χ1n) is 5.56. The van der Waals surface area contributed by atoms with Crippen LogP contribution < -0.4 is 5.73 Å². The largest absolute Gasteiger partial charge is 0.508 e. The molecule has 2 rings (SSSR count). The van der Waals surface area contributed by atoms with Crippen LogP contribution in [-0.4, -0.2) is 14.0 Å². The van der Waals surface area contributed by atoms with E-state index in [0.717, 1.165) is 11.3 Å². The number of halogens is 1. The summed E-state index contributed by atoms with van der Waals surface area (Å²) in [5.74, 6) is 1.03. The lowest BCUT2D eigenvalue weighted by atomic mass is 9.89. The van der Waals surface area contributed by atoms with Gasteiger partial charge in [0.05, 0.1) is 10.4 Å². The lowest BCUT2D eigenvalue weighted by molar-refractivity contribution is 0.390. The summed E-state index contributed by atoms with van der Waals surface area (Å²) in [6.07, 6.45) is 3.69. The van der Waals surface area contributed by atoms with Gasteiger partial charge in [-0.15, -0.1) is 0 Å². The maximum Gasteiger partial charge on any atom is 0.116 e. The quantitative estimate of drug-likeness (QED) is 0.780. The van der Waals surface area contributed by atoms with Gasteiger partial charge < -0.3 is 15.4 Å². The lowest BCUT2D eigenvalue weighted by Crippen LogP contribution is -2.33. The van der Waals surface area contributed by atoms with Crippen molar-refractivity contribution in [2.75, 3.05) is 5.73 Å². The van der Waals surface area contributed by atoms with Gasteiger partial charge in [0.1, 0.15) is 11.6 Å². The van der Waals surface area contributed by atoms with E-state index in [1.165, 1.54) is 0 Å². The molecule has 0 amide bonds. The minimum absolute atomic E-state index is 0.0116. The number of nitrogens with zero attached hydrogens (tertiary/aromatic N) is 1. The number of rotatable bonds is 1. The Bertz CT molecular complexity index is 492. The summed E-state index contributed by atoms with van der Waals surface area (Å²) < 4.78 is 1.80. The molecule has 92 valence electrons. The van der Waals surface area contributed by atoms with Crippen LogP contribution in [0.2, 0.25) is 0 Å². The second kappa shape index (κ2) is 3.95. The van der Waals surface area contributed by atoms with Crippen LogP contribution in [0.3, 0.4) is 0 Å². The SMILES string of the molecule is CC1=C(O)C=CC(C)(Br)C1n1c(C)ccc1N. The molecule has 4 heteroatoms. The highest BCUT2D eigenvalue weighted by atomic mass is 79.9.